The van der Waals surface area contributed by atoms with Crippen molar-refractivity contribution in [2.24, 2.45) is 0 Å². The third-order valence-electron chi connectivity index (χ3n) is 2.03. The molecule has 0 aliphatic heterocycles. The average molecular weight is 231 g/mol. The average Bonchev–Trinajstić information content (AvgIpc) is 2.12. The second-order valence-electron chi connectivity index (χ2n) is 3.82. The van der Waals surface area contributed by atoms with Crippen LogP contribution in [0.2, 0.25) is 0 Å². The summed E-state index contributed by atoms with van der Waals surface area (Å²) in [7, 11) is 0. The van der Waals surface area contributed by atoms with Crippen LogP contribution < -0.4 is 11.1 Å². The van der Waals surface area contributed by atoms with Gasteiger partial charge in [-0.15, -0.1) is 0 Å². The van der Waals surface area contributed by atoms with Crippen LogP contribution in [-0.4, -0.2) is 22.2 Å². The molecule has 0 spiro atoms. The predicted octanol–water partition coefficient (Wildman–Crippen LogP) is 1.51. The van der Waals surface area contributed by atoms with Gasteiger partial charge in [-0.2, -0.15) is 0 Å². The predicted molar refractivity (Wildman–Crippen MR) is 57.9 cm³/mol. The van der Waals surface area contributed by atoms with Crippen LogP contribution in [0.1, 0.15) is 20.3 Å². The van der Waals surface area contributed by atoms with Gasteiger partial charge in [0, 0.05) is 12.1 Å². The van der Waals surface area contributed by atoms with Crippen LogP contribution in [0, 0.1) is 11.6 Å². The Kier molecular flexibility index (Phi) is 4.00. The van der Waals surface area contributed by atoms with Gasteiger partial charge in [0.15, 0.2) is 23.3 Å². The lowest BCUT2D eigenvalue weighted by molar-refractivity contribution is 0.179. The molecule has 1 heterocycles. The summed E-state index contributed by atoms with van der Waals surface area (Å²) in [5.74, 6) is -2.14. The maximum Gasteiger partial charge on any atom is 0.168 e. The van der Waals surface area contributed by atoms with Crippen LogP contribution in [0.15, 0.2) is 6.07 Å². The summed E-state index contributed by atoms with van der Waals surface area (Å²) in [6.07, 6.45) is -0.0818. The summed E-state index contributed by atoms with van der Waals surface area (Å²) in [6.45, 7) is 3.38. The van der Waals surface area contributed by atoms with E-state index < -0.39 is 17.7 Å². The Morgan fingerprint density at radius 3 is 2.62 bits per heavy atom. The van der Waals surface area contributed by atoms with E-state index in [1.807, 2.05) is 0 Å². The zero-order chi connectivity index (χ0) is 12.3. The molecule has 1 aromatic heterocycles. The molecule has 0 bridgehead atoms. The molecule has 0 aliphatic rings. The second kappa shape index (κ2) is 5.07. The van der Waals surface area contributed by atoms with Gasteiger partial charge in [0.25, 0.3) is 0 Å². The van der Waals surface area contributed by atoms with Gasteiger partial charge in [0.05, 0.1) is 6.10 Å². The number of hydrogen-bond donors (Lipinski definition) is 3. The molecule has 4 nitrogen and oxygen atoms in total. The molecule has 0 saturated heterocycles. The normalized spacial score (nSPS) is 14.6. The number of aliphatic hydroxyl groups is 1. The quantitative estimate of drug-likeness (QED) is 0.734. The molecule has 0 aromatic carbocycles. The lowest BCUT2D eigenvalue weighted by atomic mass is 10.1. The fraction of sp³-hybridized carbons (Fsp3) is 0.500. The molecule has 2 unspecified atom stereocenters. The van der Waals surface area contributed by atoms with E-state index in [1.54, 1.807) is 13.8 Å². The zero-order valence-electron chi connectivity index (χ0n) is 9.17. The first-order chi connectivity index (χ1) is 7.40. The van der Waals surface area contributed by atoms with Gasteiger partial charge in [0.2, 0.25) is 0 Å². The van der Waals surface area contributed by atoms with E-state index >= 15 is 0 Å². The number of nitrogens with zero attached hydrogens (tertiary/aromatic N) is 1. The molecule has 1 rings (SSSR count). The first-order valence-electron chi connectivity index (χ1n) is 4.96. The van der Waals surface area contributed by atoms with Gasteiger partial charge < -0.3 is 16.2 Å². The Balaban J connectivity index is 2.77. The van der Waals surface area contributed by atoms with E-state index in [1.165, 1.54) is 0 Å². The Bertz CT molecular complexity index is 371. The smallest absolute Gasteiger partial charge is 0.168 e. The number of nitrogens with two attached hydrogens (primary N) is 1. The SMILES string of the molecule is CC(O)CC(C)Nc1nc(N)c(F)cc1F. The summed E-state index contributed by atoms with van der Waals surface area (Å²) in [5, 5.41) is 11.8. The van der Waals surface area contributed by atoms with Crippen LogP contribution in [0.3, 0.4) is 0 Å². The molecule has 0 radical (unpaired) electrons. The number of pyridine rings is 1. The Hall–Kier alpha value is -1.43. The van der Waals surface area contributed by atoms with Crippen LogP contribution in [0.25, 0.3) is 0 Å². The standard InChI is InChI=1S/C10H15F2N3O/c1-5(3-6(2)16)14-10-8(12)4-7(11)9(13)15-10/h4-6,16H,3H2,1-2H3,(H3,13,14,15). The fourth-order valence-electron chi connectivity index (χ4n) is 1.39. The number of hydrogen-bond acceptors (Lipinski definition) is 4. The number of nitrogens with one attached hydrogen (secondary N) is 1. The highest BCUT2D eigenvalue weighted by Crippen LogP contribution is 2.18. The number of halogens is 2. The third kappa shape index (κ3) is 3.30. The number of nitrogen functional groups attached to an aromatic ring is 1. The highest BCUT2D eigenvalue weighted by Gasteiger charge is 2.13. The van der Waals surface area contributed by atoms with Crippen molar-refractivity contribution in [1.82, 2.24) is 4.98 Å². The van der Waals surface area contributed by atoms with E-state index in [4.69, 9.17) is 10.8 Å². The zero-order valence-corrected chi connectivity index (χ0v) is 9.17. The largest absolute Gasteiger partial charge is 0.393 e. The van der Waals surface area contributed by atoms with Crippen molar-refractivity contribution < 1.29 is 13.9 Å². The number of aliphatic hydroxyl groups excluding tert-OH is 1. The first kappa shape index (κ1) is 12.6. The van der Waals surface area contributed by atoms with Crippen molar-refractivity contribution in [3.63, 3.8) is 0 Å². The number of rotatable bonds is 4. The Morgan fingerprint density at radius 2 is 2.06 bits per heavy atom. The summed E-state index contributed by atoms with van der Waals surface area (Å²) in [4.78, 5) is 3.55. The van der Waals surface area contributed by atoms with Crippen molar-refractivity contribution >= 4 is 11.6 Å². The monoisotopic (exact) mass is 231 g/mol. The molecular formula is C10H15F2N3O. The molecule has 90 valence electrons. The van der Waals surface area contributed by atoms with Crippen LogP contribution in [0.4, 0.5) is 20.4 Å². The molecule has 6 heteroatoms. The van der Waals surface area contributed by atoms with Crippen molar-refractivity contribution in [3.8, 4) is 0 Å². The van der Waals surface area contributed by atoms with Gasteiger partial charge in [-0.05, 0) is 20.3 Å². The lowest BCUT2D eigenvalue weighted by Crippen LogP contribution is -2.22. The first-order valence-corrected chi connectivity index (χ1v) is 4.96. The summed E-state index contributed by atoms with van der Waals surface area (Å²) >= 11 is 0. The van der Waals surface area contributed by atoms with Crippen molar-refractivity contribution in [2.45, 2.75) is 32.4 Å². The Labute approximate surface area is 92.5 Å². The maximum absolute atomic E-state index is 13.2. The Morgan fingerprint density at radius 1 is 1.44 bits per heavy atom. The van der Waals surface area contributed by atoms with Gasteiger partial charge in [0.1, 0.15) is 0 Å². The van der Waals surface area contributed by atoms with E-state index in [-0.39, 0.29) is 17.7 Å². The van der Waals surface area contributed by atoms with Crippen LogP contribution in [-0.2, 0) is 0 Å². The number of anilines is 2. The van der Waals surface area contributed by atoms with Gasteiger partial charge >= 0.3 is 0 Å². The van der Waals surface area contributed by atoms with Crippen LogP contribution >= 0.6 is 0 Å². The van der Waals surface area contributed by atoms with Crippen molar-refractivity contribution in [3.05, 3.63) is 17.7 Å². The van der Waals surface area contributed by atoms with Gasteiger partial charge in [-0.25, -0.2) is 13.8 Å². The summed E-state index contributed by atoms with van der Waals surface area (Å²) < 4.78 is 26.1. The highest BCUT2D eigenvalue weighted by atomic mass is 19.1. The third-order valence-corrected chi connectivity index (χ3v) is 2.03. The fourth-order valence-corrected chi connectivity index (χ4v) is 1.39. The van der Waals surface area contributed by atoms with E-state index in [0.717, 1.165) is 0 Å². The van der Waals surface area contributed by atoms with Crippen molar-refractivity contribution in [1.29, 1.82) is 0 Å². The molecule has 0 fully saturated rings. The lowest BCUT2D eigenvalue weighted by Gasteiger charge is -2.16. The molecule has 2 atom stereocenters. The molecular weight excluding hydrogens is 216 g/mol. The summed E-state index contributed by atoms with van der Waals surface area (Å²) in [6, 6.07) is 0.492. The minimum absolute atomic E-state index is 0.105. The summed E-state index contributed by atoms with van der Waals surface area (Å²) in [5.41, 5.74) is 5.22. The molecule has 0 aliphatic carbocycles. The highest BCUT2D eigenvalue weighted by molar-refractivity contribution is 5.45. The number of aromatic nitrogens is 1. The molecule has 4 N–H and O–H groups in total. The van der Waals surface area contributed by atoms with Gasteiger partial charge in [-0.1, -0.05) is 0 Å². The van der Waals surface area contributed by atoms with E-state index in [9.17, 15) is 8.78 Å². The van der Waals surface area contributed by atoms with Crippen molar-refractivity contribution in [2.75, 3.05) is 11.1 Å². The van der Waals surface area contributed by atoms with Crippen LogP contribution in [0.5, 0.6) is 0 Å². The van der Waals surface area contributed by atoms with E-state index in [0.29, 0.717) is 12.5 Å². The molecule has 0 saturated carbocycles. The molecule has 1 aromatic rings. The maximum atomic E-state index is 13.2. The molecule has 16 heavy (non-hydrogen) atoms. The topological polar surface area (TPSA) is 71.2 Å². The minimum atomic E-state index is -0.883. The van der Waals surface area contributed by atoms with Gasteiger partial charge in [-0.3, -0.25) is 0 Å². The van der Waals surface area contributed by atoms with E-state index in [2.05, 4.69) is 10.3 Å². The minimum Gasteiger partial charge on any atom is -0.393 e. The second-order valence-corrected chi connectivity index (χ2v) is 3.82. The molecule has 0 amide bonds.